The topological polar surface area (TPSA) is 47.9 Å². The van der Waals surface area contributed by atoms with E-state index >= 15 is 0 Å². The van der Waals surface area contributed by atoms with Gasteiger partial charge in [0.1, 0.15) is 12.4 Å². The molecular formula is C23H15Cl2NO3. The highest BCUT2D eigenvalue weighted by Crippen LogP contribution is 2.26. The minimum absolute atomic E-state index is 0.152. The van der Waals surface area contributed by atoms with Crippen molar-refractivity contribution in [3.8, 4) is 5.75 Å². The van der Waals surface area contributed by atoms with Gasteiger partial charge in [0.15, 0.2) is 5.70 Å². The lowest BCUT2D eigenvalue weighted by Crippen LogP contribution is -2.05. The summed E-state index contributed by atoms with van der Waals surface area (Å²) in [4.78, 5) is 16.5. The van der Waals surface area contributed by atoms with E-state index in [1.807, 2.05) is 54.6 Å². The molecule has 0 saturated carbocycles. The molecule has 0 atom stereocenters. The third kappa shape index (κ3) is 4.67. The fraction of sp³-hybridized carbons (Fsp3) is 0.0435. The predicted octanol–water partition coefficient (Wildman–Crippen LogP) is 5.92. The third-order valence-corrected chi connectivity index (χ3v) is 4.74. The van der Waals surface area contributed by atoms with Crippen LogP contribution in [-0.4, -0.2) is 11.9 Å². The molecule has 4 nitrogen and oxygen atoms in total. The first kappa shape index (κ1) is 19.2. The maximum atomic E-state index is 12.2. The number of esters is 1. The summed E-state index contributed by atoms with van der Waals surface area (Å²) in [6, 6.07) is 22.2. The number of cyclic esters (lactones) is 1. The molecule has 0 radical (unpaired) electrons. The molecule has 1 aliphatic rings. The van der Waals surface area contributed by atoms with Crippen LogP contribution >= 0.6 is 23.2 Å². The third-order valence-electron chi connectivity index (χ3n) is 4.19. The van der Waals surface area contributed by atoms with Crippen LogP contribution in [0, 0.1) is 0 Å². The van der Waals surface area contributed by atoms with Crippen LogP contribution in [-0.2, 0) is 16.1 Å². The van der Waals surface area contributed by atoms with Crippen LogP contribution in [0.15, 0.2) is 83.5 Å². The summed E-state index contributed by atoms with van der Waals surface area (Å²) in [6.07, 6.45) is 1.65. The molecule has 3 aromatic rings. The first-order chi connectivity index (χ1) is 14.1. The molecule has 1 aliphatic heterocycles. The molecule has 0 unspecified atom stereocenters. The number of halogens is 2. The van der Waals surface area contributed by atoms with Crippen LogP contribution in [0.3, 0.4) is 0 Å². The second-order valence-corrected chi connectivity index (χ2v) is 7.15. The molecule has 0 fully saturated rings. The monoisotopic (exact) mass is 423 g/mol. The van der Waals surface area contributed by atoms with Crippen molar-refractivity contribution in [2.45, 2.75) is 6.61 Å². The lowest BCUT2D eigenvalue weighted by atomic mass is 10.2. The molecule has 0 N–H and O–H groups in total. The zero-order chi connectivity index (χ0) is 20.2. The van der Waals surface area contributed by atoms with Crippen molar-refractivity contribution in [1.82, 2.24) is 0 Å². The Labute approximate surface area is 178 Å². The Balaban J connectivity index is 1.54. The summed E-state index contributed by atoms with van der Waals surface area (Å²) in [7, 11) is 0. The molecule has 6 heteroatoms. The Hall–Kier alpha value is -3.08. The largest absolute Gasteiger partial charge is 0.489 e. The van der Waals surface area contributed by atoms with Crippen molar-refractivity contribution in [2.75, 3.05) is 0 Å². The summed E-state index contributed by atoms with van der Waals surface area (Å²) in [6.45, 7) is 0.459. The highest BCUT2D eigenvalue weighted by Gasteiger charge is 2.25. The molecule has 144 valence electrons. The number of ether oxygens (including phenoxy) is 2. The number of carbonyl (C=O) groups excluding carboxylic acids is 1. The predicted molar refractivity (Wildman–Crippen MR) is 114 cm³/mol. The van der Waals surface area contributed by atoms with E-state index < -0.39 is 5.97 Å². The lowest BCUT2D eigenvalue weighted by molar-refractivity contribution is -0.129. The van der Waals surface area contributed by atoms with Crippen LogP contribution in [0.25, 0.3) is 6.08 Å². The summed E-state index contributed by atoms with van der Waals surface area (Å²) in [5.41, 5.74) is 2.54. The highest BCUT2D eigenvalue weighted by molar-refractivity contribution is 6.37. The fourth-order valence-electron chi connectivity index (χ4n) is 2.78. The molecule has 0 spiro atoms. The van der Waals surface area contributed by atoms with Gasteiger partial charge >= 0.3 is 5.97 Å². The minimum atomic E-state index is -0.540. The van der Waals surface area contributed by atoms with Crippen LogP contribution in [0.1, 0.15) is 16.7 Å². The van der Waals surface area contributed by atoms with E-state index in [-0.39, 0.29) is 11.6 Å². The van der Waals surface area contributed by atoms with Gasteiger partial charge in [-0.3, -0.25) is 0 Å². The van der Waals surface area contributed by atoms with E-state index in [1.54, 1.807) is 24.3 Å². The standard InChI is InChI=1S/C23H15Cl2NO3/c24-17-9-10-19(20(25)13-17)22-26-21(23(27)29-22)12-16-7-4-8-18(11-16)28-14-15-5-2-1-3-6-15/h1-13H,14H2/b21-12-. The number of aliphatic imine (C=N–C) groups is 1. The maximum absolute atomic E-state index is 12.2. The summed E-state index contributed by atoms with van der Waals surface area (Å²) >= 11 is 12.1. The summed E-state index contributed by atoms with van der Waals surface area (Å²) in [5.74, 6) is 0.306. The van der Waals surface area contributed by atoms with E-state index in [1.165, 1.54) is 0 Å². The van der Waals surface area contributed by atoms with Crippen molar-refractivity contribution in [3.05, 3.63) is 105 Å². The molecule has 0 aliphatic carbocycles. The first-order valence-corrected chi connectivity index (χ1v) is 9.59. The maximum Gasteiger partial charge on any atom is 0.363 e. The first-order valence-electron chi connectivity index (χ1n) is 8.83. The Morgan fingerprint density at radius 2 is 1.79 bits per heavy atom. The van der Waals surface area contributed by atoms with Gasteiger partial charge in [-0.2, -0.15) is 0 Å². The second-order valence-electron chi connectivity index (χ2n) is 6.31. The van der Waals surface area contributed by atoms with Crippen LogP contribution < -0.4 is 4.74 Å². The zero-order valence-corrected chi connectivity index (χ0v) is 16.7. The molecule has 4 rings (SSSR count). The van der Waals surface area contributed by atoms with Crippen molar-refractivity contribution in [1.29, 1.82) is 0 Å². The average molecular weight is 424 g/mol. The number of hydrogen-bond donors (Lipinski definition) is 0. The van der Waals surface area contributed by atoms with Crippen molar-refractivity contribution < 1.29 is 14.3 Å². The molecule has 29 heavy (non-hydrogen) atoms. The molecule has 0 bridgehead atoms. The van der Waals surface area contributed by atoms with E-state index in [0.717, 1.165) is 11.1 Å². The van der Waals surface area contributed by atoms with Crippen LogP contribution in [0.4, 0.5) is 0 Å². The highest BCUT2D eigenvalue weighted by atomic mass is 35.5. The van der Waals surface area contributed by atoms with E-state index in [9.17, 15) is 4.79 Å². The Morgan fingerprint density at radius 3 is 2.59 bits per heavy atom. The van der Waals surface area contributed by atoms with E-state index in [2.05, 4.69) is 4.99 Å². The minimum Gasteiger partial charge on any atom is -0.489 e. The van der Waals surface area contributed by atoms with Crippen molar-refractivity contribution >= 4 is 41.1 Å². The van der Waals surface area contributed by atoms with Gasteiger partial charge in [-0.1, -0.05) is 65.7 Å². The Bertz CT molecular complexity index is 1120. The molecular weight excluding hydrogens is 409 g/mol. The number of rotatable bonds is 5. The van der Waals surface area contributed by atoms with Crippen molar-refractivity contribution in [2.24, 2.45) is 4.99 Å². The van der Waals surface area contributed by atoms with Gasteiger partial charge in [0.25, 0.3) is 0 Å². The van der Waals surface area contributed by atoms with Gasteiger partial charge in [0.2, 0.25) is 5.90 Å². The molecule has 3 aromatic carbocycles. The van der Waals surface area contributed by atoms with Crippen LogP contribution in [0.2, 0.25) is 10.0 Å². The van der Waals surface area contributed by atoms with Gasteiger partial charge in [-0.05, 0) is 47.5 Å². The van der Waals surface area contributed by atoms with E-state index in [0.29, 0.717) is 28.0 Å². The number of hydrogen-bond acceptors (Lipinski definition) is 4. The molecule has 0 saturated heterocycles. The molecule has 0 amide bonds. The lowest BCUT2D eigenvalue weighted by Gasteiger charge is -2.07. The van der Waals surface area contributed by atoms with Crippen molar-refractivity contribution in [3.63, 3.8) is 0 Å². The Kier molecular flexibility index (Phi) is 5.65. The quantitative estimate of drug-likeness (QED) is 0.378. The van der Waals surface area contributed by atoms with Crippen LogP contribution in [0.5, 0.6) is 5.75 Å². The normalized spacial score (nSPS) is 14.6. The summed E-state index contributed by atoms with van der Waals surface area (Å²) < 4.78 is 11.1. The Morgan fingerprint density at radius 1 is 0.966 bits per heavy atom. The number of benzene rings is 3. The van der Waals surface area contributed by atoms with Gasteiger partial charge < -0.3 is 9.47 Å². The van der Waals surface area contributed by atoms with Gasteiger partial charge in [-0.15, -0.1) is 0 Å². The average Bonchev–Trinajstić information content (AvgIpc) is 3.07. The molecule has 0 aromatic heterocycles. The SMILES string of the molecule is O=C1OC(c2ccc(Cl)cc2Cl)=N/C1=C\c1cccc(OCc2ccccc2)c1. The van der Waals surface area contributed by atoms with Gasteiger partial charge in [0, 0.05) is 5.02 Å². The zero-order valence-electron chi connectivity index (χ0n) is 15.1. The molecule has 1 heterocycles. The fourth-order valence-corrected chi connectivity index (χ4v) is 3.27. The smallest absolute Gasteiger partial charge is 0.363 e. The summed E-state index contributed by atoms with van der Waals surface area (Å²) in [5, 5.41) is 0.855. The number of carbonyl (C=O) groups is 1. The number of nitrogens with zero attached hydrogens (tertiary/aromatic N) is 1. The second kappa shape index (κ2) is 8.52. The van der Waals surface area contributed by atoms with Gasteiger partial charge in [0.05, 0.1) is 10.6 Å². The van der Waals surface area contributed by atoms with Gasteiger partial charge in [-0.25, -0.2) is 9.79 Å². The van der Waals surface area contributed by atoms with E-state index in [4.69, 9.17) is 32.7 Å².